The van der Waals surface area contributed by atoms with Crippen molar-refractivity contribution in [3.63, 3.8) is 0 Å². The fourth-order valence-electron chi connectivity index (χ4n) is 16.1. The summed E-state index contributed by atoms with van der Waals surface area (Å²) in [6, 6.07) is 117. The van der Waals surface area contributed by atoms with Gasteiger partial charge in [-0.15, -0.1) is 0 Å². The Hall–Kier alpha value is -12.8. The average molecular weight is 1640 g/mol. The molecule has 4 aliphatic rings. The van der Waals surface area contributed by atoms with Crippen molar-refractivity contribution in [2.24, 2.45) is 0 Å². The number of carbonyl (C=O) groups excluding carboxylic acids is 5. The third kappa shape index (κ3) is 13.6. The maximum absolute atomic E-state index is 13.8. The Morgan fingerprint density at radius 3 is 1.06 bits per heavy atom. The highest BCUT2D eigenvalue weighted by Gasteiger charge is 2.41. The molecule has 10 heteroatoms. The number of halogens is 3. The van der Waals surface area contributed by atoms with Crippen LogP contribution in [0.3, 0.4) is 0 Å². The lowest BCUT2D eigenvalue weighted by atomic mass is 9.82. The van der Waals surface area contributed by atoms with Gasteiger partial charge in [-0.1, -0.05) is 352 Å². The first-order valence-electron chi connectivity index (χ1n) is 36.4. The van der Waals surface area contributed by atoms with Gasteiger partial charge in [-0.25, -0.2) is 0 Å². The van der Waals surface area contributed by atoms with Gasteiger partial charge in [0.25, 0.3) is 6.47 Å². The summed E-state index contributed by atoms with van der Waals surface area (Å²) in [5.41, 5.74) is 27.8. The molecule has 0 spiro atoms. The fraction of sp³-hybridized carbons (Fsp3) is 0.0294. The average Bonchev–Trinajstić information content (AvgIpc) is 1.44. The van der Waals surface area contributed by atoms with Crippen LogP contribution in [0, 0.1) is 0 Å². The van der Waals surface area contributed by atoms with Gasteiger partial charge in [0.05, 0.1) is 5.69 Å². The highest BCUT2D eigenvalue weighted by molar-refractivity contribution is 9.11. The van der Waals surface area contributed by atoms with E-state index in [-0.39, 0.29) is 19.0 Å². The van der Waals surface area contributed by atoms with E-state index in [9.17, 15) is 24.0 Å². The molecule has 0 saturated heterocycles. The van der Waals surface area contributed by atoms with Gasteiger partial charge in [-0.3, -0.25) is 24.0 Å². The molecule has 17 aromatic rings. The Kier molecular flexibility index (Phi) is 20.7. The molecule has 112 heavy (non-hydrogen) atoms. The van der Waals surface area contributed by atoms with E-state index in [0.29, 0.717) is 41.9 Å². The Labute approximate surface area is 673 Å². The van der Waals surface area contributed by atoms with E-state index in [0.717, 1.165) is 90.6 Å². The number of allylic oxidation sites excluding steroid dienone is 4. The Balaban J connectivity index is 0.000000112. The normalized spacial score (nSPS) is 12.3. The standard InChI is InChI=1S/C36H21Br.C27H15BrO.C15H14O.C12H5BrO2.C11H9NO2.CH4/c37-31-19-18-28-34-26(31)16-9-17-27(34)35-32(22-10-3-1-4-11-22)29-20-24-14-7-8-15-25(24)21-30(29)33(36(28)35)23-12-5-2-6-13-23;28-21-15-14-20-24-18(21)12-7-13-19(24)25-22(16-8-3-1-4-9-16)27(29)23(26(20)25)17-10-5-2-6-11-17;16-15(11-13-7-3-1-4-8-13)12-14-9-5-2-6-10-14;13-9-5-4-8-10-6(9)2-1-3-7(10)11(14)12(8)15;12-10-5-8-3-1-2-4-9(8)6-11(10)14-7-13;/h1-21H;1-15H;1-10H,11-12H2;1-5H;1-7H,12H2;1H4. The van der Waals surface area contributed by atoms with Gasteiger partial charge in [0.2, 0.25) is 11.6 Å². The van der Waals surface area contributed by atoms with Crippen molar-refractivity contribution in [3.8, 4) is 50.3 Å². The summed E-state index contributed by atoms with van der Waals surface area (Å²) in [5.74, 6) is -0.0172. The second kappa shape index (κ2) is 31.6. The molecule has 0 atom stereocenters. The second-order valence-electron chi connectivity index (χ2n) is 27.5. The molecule has 0 unspecified atom stereocenters. The van der Waals surface area contributed by atoms with Gasteiger partial charge in [0, 0.05) is 65.1 Å². The first kappa shape index (κ1) is 73.3. The molecule has 0 heterocycles. The maximum Gasteiger partial charge on any atom is 0.298 e. The lowest BCUT2D eigenvalue weighted by Gasteiger charge is -2.21. The van der Waals surface area contributed by atoms with Gasteiger partial charge in [-0.2, -0.15) is 0 Å². The van der Waals surface area contributed by atoms with Crippen LogP contribution in [0.25, 0.3) is 131 Å². The third-order valence-electron chi connectivity index (χ3n) is 20.9. The van der Waals surface area contributed by atoms with Crippen molar-refractivity contribution in [1.82, 2.24) is 0 Å². The molecule has 17 aromatic carbocycles. The van der Waals surface area contributed by atoms with Crippen LogP contribution in [0.4, 0.5) is 5.69 Å². The molecular weight excluding hydrogens is 1570 g/mol. The topological polar surface area (TPSA) is 121 Å². The maximum atomic E-state index is 13.8. The zero-order valence-electron chi connectivity index (χ0n) is 59.6. The van der Waals surface area contributed by atoms with Crippen LogP contribution in [0.5, 0.6) is 5.75 Å². The van der Waals surface area contributed by atoms with Gasteiger partial charge < -0.3 is 10.5 Å². The van der Waals surface area contributed by atoms with Crippen molar-refractivity contribution >= 4 is 170 Å². The van der Waals surface area contributed by atoms with E-state index in [4.69, 9.17) is 10.5 Å². The lowest BCUT2D eigenvalue weighted by molar-refractivity contribution is -0.120. The summed E-state index contributed by atoms with van der Waals surface area (Å²) >= 11 is 11.0. The SMILES string of the molecule is Brc1ccc2c3c(cccc13)-c1c-2c(-c2ccccc2)c2cc3ccccc3cc2c1-c1ccccc1.C.Nc1cc2ccccc2cc1OC=O.O=C(Cc1ccccc1)Cc1ccccc1.O=C1C(=O)c2ccc(Br)c3cccc1c23.O=C1C(c2ccccc2)=C2C(=C1c1ccccc1)c1ccc(Br)c3cccc2c13. The predicted octanol–water partition coefficient (Wildman–Crippen LogP) is 26.5. The van der Waals surface area contributed by atoms with E-state index >= 15 is 0 Å². The smallest absolute Gasteiger partial charge is 0.298 e. The minimum Gasteiger partial charge on any atom is -0.427 e. The number of hydrogen-bond donors (Lipinski definition) is 1. The van der Waals surface area contributed by atoms with E-state index < -0.39 is 11.6 Å². The number of carbonyl (C=O) groups is 5. The first-order valence-corrected chi connectivity index (χ1v) is 38.8. The van der Waals surface area contributed by atoms with Crippen molar-refractivity contribution in [3.05, 3.63) is 404 Å². The molecule has 0 aromatic heterocycles. The summed E-state index contributed by atoms with van der Waals surface area (Å²) in [5, 5.41) is 13.9. The number of nitrogen functional groups attached to an aromatic ring is 1. The van der Waals surface area contributed by atoms with Crippen LogP contribution in [0.15, 0.2) is 359 Å². The minimum atomic E-state index is -0.395. The summed E-state index contributed by atoms with van der Waals surface area (Å²) in [4.78, 5) is 59.0. The molecule has 0 radical (unpaired) electrons. The van der Waals surface area contributed by atoms with Gasteiger partial charge in [-0.05, 0) is 186 Å². The highest BCUT2D eigenvalue weighted by Crippen LogP contribution is 2.60. The van der Waals surface area contributed by atoms with Crippen LogP contribution in [0.1, 0.15) is 61.5 Å². The largest absolute Gasteiger partial charge is 0.427 e. The second-order valence-corrected chi connectivity index (χ2v) is 30.0. The van der Waals surface area contributed by atoms with Crippen LogP contribution in [-0.2, 0) is 27.2 Å². The van der Waals surface area contributed by atoms with Crippen LogP contribution < -0.4 is 10.5 Å². The number of hydrogen-bond acceptors (Lipinski definition) is 7. The monoisotopic (exact) mass is 1640 g/mol. The number of fused-ring (bicyclic) bond motifs is 9. The van der Waals surface area contributed by atoms with Crippen LogP contribution in [-0.4, -0.2) is 29.6 Å². The zero-order valence-corrected chi connectivity index (χ0v) is 64.3. The predicted molar refractivity (Wildman–Crippen MR) is 473 cm³/mol. The lowest BCUT2D eigenvalue weighted by Crippen LogP contribution is -2.06. The van der Waals surface area contributed by atoms with Crippen molar-refractivity contribution in [2.75, 3.05) is 5.73 Å². The highest BCUT2D eigenvalue weighted by atomic mass is 79.9. The molecule has 0 bridgehead atoms. The summed E-state index contributed by atoms with van der Waals surface area (Å²) in [6.45, 7) is 0.375. The Morgan fingerprint density at radius 1 is 0.304 bits per heavy atom. The Bertz CT molecular complexity index is 6480. The van der Waals surface area contributed by atoms with Crippen LogP contribution >= 0.6 is 47.8 Å². The molecule has 4 aliphatic carbocycles. The number of benzene rings is 17. The molecule has 538 valence electrons. The molecule has 0 aliphatic heterocycles. The fourth-order valence-corrected chi connectivity index (χ4v) is 17.5. The number of ketones is 4. The zero-order chi connectivity index (χ0) is 75.8. The quantitative estimate of drug-likeness (QED) is 0.0626. The Morgan fingerprint density at radius 2 is 0.625 bits per heavy atom. The van der Waals surface area contributed by atoms with Gasteiger partial charge >= 0.3 is 0 Å². The van der Waals surface area contributed by atoms with Crippen molar-refractivity contribution in [2.45, 2.75) is 20.3 Å². The number of nitrogens with two attached hydrogens (primary N) is 1. The van der Waals surface area contributed by atoms with E-state index in [1.54, 1.807) is 36.4 Å². The number of ether oxygens (including phenoxy) is 1. The van der Waals surface area contributed by atoms with Gasteiger partial charge in [0.15, 0.2) is 11.5 Å². The van der Waals surface area contributed by atoms with Crippen LogP contribution in [0.2, 0.25) is 0 Å². The molecule has 0 saturated carbocycles. The molecular formula is C102H68Br3NO6. The van der Waals surface area contributed by atoms with E-state index in [2.05, 4.69) is 206 Å². The molecule has 0 fully saturated rings. The molecule has 0 amide bonds. The summed E-state index contributed by atoms with van der Waals surface area (Å²) < 4.78 is 7.86. The van der Waals surface area contributed by atoms with Crippen molar-refractivity contribution in [1.29, 1.82) is 0 Å². The van der Waals surface area contributed by atoms with Gasteiger partial charge in [0.1, 0.15) is 5.78 Å². The van der Waals surface area contributed by atoms with Crippen molar-refractivity contribution < 1.29 is 28.7 Å². The first-order chi connectivity index (χ1) is 54.4. The number of rotatable bonds is 10. The number of Topliss-reactive ketones (excluding diaryl/α,β-unsaturated/α-hetero) is 4. The molecule has 7 nitrogen and oxygen atoms in total. The summed E-state index contributed by atoms with van der Waals surface area (Å²) in [7, 11) is 0. The number of anilines is 1. The third-order valence-corrected chi connectivity index (χ3v) is 23.0. The minimum absolute atomic E-state index is 0. The van der Waals surface area contributed by atoms with E-state index in [1.165, 1.54) is 87.6 Å². The van der Waals surface area contributed by atoms with E-state index in [1.807, 2.05) is 152 Å². The molecule has 2 N–H and O–H groups in total. The molecule has 21 rings (SSSR count). The summed E-state index contributed by atoms with van der Waals surface area (Å²) in [6.07, 6.45) is 1.05.